The maximum atomic E-state index is 16.3. The van der Waals surface area contributed by atoms with Gasteiger partial charge in [0.1, 0.15) is 28.8 Å². The second-order valence-electron chi connectivity index (χ2n) is 12.7. The smallest absolute Gasteiger partial charge is 0.246 e. The number of hydrogen-bond acceptors (Lipinski definition) is 7. The van der Waals surface area contributed by atoms with Gasteiger partial charge in [0.05, 0.1) is 59.4 Å². The van der Waals surface area contributed by atoms with Crippen LogP contribution >= 0.6 is 11.3 Å². The van der Waals surface area contributed by atoms with E-state index < -0.39 is 11.6 Å². The molecule has 4 aromatic heterocycles. The monoisotopic (exact) mass is 695 g/mol. The lowest BCUT2D eigenvalue weighted by molar-refractivity contribution is -0.130. The number of amides is 2. The number of aryl methyl sites for hydroxylation is 1. The van der Waals surface area contributed by atoms with Crippen LogP contribution in [0.4, 0.5) is 8.78 Å². The first kappa shape index (κ1) is 33.1. The van der Waals surface area contributed by atoms with Gasteiger partial charge >= 0.3 is 0 Å². The highest BCUT2D eigenvalue weighted by molar-refractivity contribution is 7.18. The number of nitrogens with zero attached hydrogens (tertiary/aromatic N) is 7. The van der Waals surface area contributed by atoms with E-state index in [9.17, 15) is 14.0 Å². The summed E-state index contributed by atoms with van der Waals surface area (Å²) < 4.78 is 41.6. The average Bonchev–Trinajstić information content (AvgIpc) is 3.85. The van der Waals surface area contributed by atoms with Crippen molar-refractivity contribution < 1.29 is 23.1 Å². The van der Waals surface area contributed by atoms with E-state index in [0.717, 1.165) is 39.8 Å². The summed E-state index contributed by atoms with van der Waals surface area (Å²) in [6, 6.07) is 11.2. The lowest BCUT2D eigenvalue weighted by atomic mass is 9.96. The van der Waals surface area contributed by atoms with Gasteiger partial charge in [0.2, 0.25) is 11.8 Å². The molecule has 0 aliphatic carbocycles. The zero-order chi connectivity index (χ0) is 35.4. The molecule has 0 fully saturated rings. The summed E-state index contributed by atoms with van der Waals surface area (Å²) in [6.07, 6.45) is 3.07. The largest absolute Gasteiger partial charge is 0.492 e. The summed E-state index contributed by atoms with van der Waals surface area (Å²) in [5.41, 5.74) is 5.19. The molecule has 5 heterocycles. The van der Waals surface area contributed by atoms with Crippen molar-refractivity contribution in [1.82, 2.24) is 34.1 Å². The number of carbonyl (C=O) groups excluding carboxylic acids is 2. The van der Waals surface area contributed by atoms with E-state index in [1.807, 2.05) is 65.9 Å². The van der Waals surface area contributed by atoms with Crippen molar-refractivity contribution in [2.75, 3.05) is 27.2 Å². The predicted molar refractivity (Wildman–Crippen MR) is 190 cm³/mol. The van der Waals surface area contributed by atoms with Gasteiger partial charge in [0.15, 0.2) is 0 Å². The van der Waals surface area contributed by atoms with Crippen molar-refractivity contribution in [3.05, 3.63) is 84.2 Å². The molecule has 0 radical (unpaired) electrons. The van der Waals surface area contributed by atoms with Gasteiger partial charge in [-0.05, 0) is 49.6 Å². The molecule has 1 aliphatic rings. The number of halogens is 2. The van der Waals surface area contributed by atoms with Crippen LogP contribution in [-0.2, 0) is 16.6 Å². The predicted octanol–water partition coefficient (Wildman–Crippen LogP) is 7.17. The molecule has 0 spiro atoms. The van der Waals surface area contributed by atoms with Gasteiger partial charge in [-0.15, -0.1) is 11.3 Å². The summed E-state index contributed by atoms with van der Waals surface area (Å²) in [4.78, 5) is 38.1. The molecule has 0 saturated carbocycles. The number of fused-ring (bicyclic) bond motifs is 3. The van der Waals surface area contributed by atoms with Crippen LogP contribution in [0.2, 0.25) is 0 Å². The van der Waals surface area contributed by atoms with E-state index in [2.05, 4.69) is 11.6 Å². The van der Waals surface area contributed by atoms with Gasteiger partial charge in [-0.25, -0.2) is 18.7 Å². The molecule has 0 N–H and O–H groups in total. The Morgan fingerprint density at radius 3 is 2.66 bits per heavy atom. The second kappa shape index (κ2) is 12.8. The maximum absolute atomic E-state index is 16.3. The Morgan fingerprint density at radius 1 is 1.10 bits per heavy atom. The number of aromatic nitrogens is 5. The highest BCUT2D eigenvalue weighted by Crippen LogP contribution is 2.48. The SMILES string of the molecule is C=CC(=O)N1C[C@H](C)n2nc(-c3nc(-c4ccc5c(c4)ncn5C)c4ccsc4c3-c3c(F)cc(F)cc3OCCC(=O)N(C)C)cc2[C@H]1C. The second-order valence-corrected chi connectivity index (χ2v) is 13.6. The Balaban J connectivity index is 1.48. The van der Waals surface area contributed by atoms with Crippen molar-refractivity contribution in [3.8, 4) is 39.5 Å². The number of rotatable bonds is 8. The van der Waals surface area contributed by atoms with E-state index in [0.29, 0.717) is 33.9 Å². The minimum atomic E-state index is -0.840. The van der Waals surface area contributed by atoms with Crippen LogP contribution in [0.1, 0.15) is 38.0 Å². The van der Waals surface area contributed by atoms with Crippen LogP contribution < -0.4 is 4.74 Å². The van der Waals surface area contributed by atoms with Crippen molar-refractivity contribution in [2.45, 2.75) is 32.4 Å². The molecule has 2 aromatic carbocycles. The number of pyridine rings is 1. The Labute approximate surface area is 291 Å². The maximum Gasteiger partial charge on any atom is 0.246 e. The number of thiophene rings is 1. The van der Waals surface area contributed by atoms with Gasteiger partial charge in [-0.3, -0.25) is 14.3 Å². The lowest BCUT2D eigenvalue weighted by Crippen LogP contribution is -2.42. The standard InChI is InChI=1S/C37H35F2N7O3S/c1-7-31(47)45-18-20(2)46-29(21(45)3)17-27(42-46)36-34(33-25(39)15-23(38)16-30(33)49-12-10-32(48)43(4)5)37-24(11-13-50-37)35(41-36)22-8-9-28-26(14-22)40-19-44(28)6/h7-9,11,13-17,19-21H,1,10,12,18H2,2-6H3/t20-,21+/m0/s1. The summed E-state index contributed by atoms with van der Waals surface area (Å²) >= 11 is 1.40. The fraction of sp³-hybridized carbons (Fsp3) is 0.270. The third kappa shape index (κ3) is 5.60. The zero-order valence-corrected chi connectivity index (χ0v) is 29.1. The summed E-state index contributed by atoms with van der Waals surface area (Å²) in [6.45, 7) is 7.90. The first-order valence-electron chi connectivity index (χ1n) is 16.1. The molecule has 7 rings (SSSR count). The molecule has 50 heavy (non-hydrogen) atoms. The molecule has 0 unspecified atom stereocenters. The van der Waals surface area contributed by atoms with Gasteiger partial charge in [0.25, 0.3) is 0 Å². The highest BCUT2D eigenvalue weighted by atomic mass is 32.1. The van der Waals surface area contributed by atoms with Crippen molar-refractivity contribution >= 4 is 44.3 Å². The Hall–Kier alpha value is -5.43. The third-order valence-electron chi connectivity index (χ3n) is 9.19. The molecule has 1 aliphatic heterocycles. The molecule has 0 saturated heterocycles. The van der Waals surface area contributed by atoms with Crippen LogP contribution in [0.3, 0.4) is 0 Å². The van der Waals surface area contributed by atoms with Crippen LogP contribution in [0.25, 0.3) is 54.9 Å². The van der Waals surface area contributed by atoms with Crippen molar-refractivity contribution in [2.24, 2.45) is 7.05 Å². The fourth-order valence-electron chi connectivity index (χ4n) is 6.59. The highest BCUT2D eigenvalue weighted by Gasteiger charge is 2.34. The molecular formula is C37H35F2N7O3S. The first-order valence-corrected chi connectivity index (χ1v) is 17.0. The van der Waals surface area contributed by atoms with Crippen molar-refractivity contribution in [1.29, 1.82) is 0 Å². The number of benzene rings is 2. The molecule has 2 amide bonds. The summed E-state index contributed by atoms with van der Waals surface area (Å²) in [5.74, 6) is -2.08. The van der Waals surface area contributed by atoms with Crippen LogP contribution in [-0.4, -0.2) is 73.2 Å². The minimum absolute atomic E-state index is 0.0147. The van der Waals surface area contributed by atoms with Gasteiger partial charge < -0.3 is 19.1 Å². The zero-order valence-electron chi connectivity index (χ0n) is 28.3. The molecule has 256 valence electrons. The van der Waals surface area contributed by atoms with Gasteiger partial charge in [-0.2, -0.15) is 5.10 Å². The summed E-state index contributed by atoms with van der Waals surface area (Å²) in [5, 5.41) is 7.67. The number of ether oxygens (including phenoxy) is 1. The Kier molecular flexibility index (Phi) is 8.46. The van der Waals surface area contributed by atoms with Crippen LogP contribution in [0, 0.1) is 11.6 Å². The van der Waals surface area contributed by atoms with E-state index in [-0.39, 0.29) is 48.2 Å². The van der Waals surface area contributed by atoms with E-state index in [1.54, 1.807) is 25.3 Å². The Bertz CT molecular complexity index is 2320. The minimum Gasteiger partial charge on any atom is -0.492 e. The van der Waals surface area contributed by atoms with Crippen molar-refractivity contribution in [3.63, 3.8) is 0 Å². The molecular weight excluding hydrogens is 661 g/mol. The fourth-order valence-corrected chi connectivity index (χ4v) is 7.54. The number of imidazole rings is 1. The topological polar surface area (TPSA) is 98.4 Å². The average molecular weight is 696 g/mol. The molecule has 6 aromatic rings. The molecule has 13 heteroatoms. The van der Waals surface area contributed by atoms with Gasteiger partial charge in [-0.1, -0.05) is 12.6 Å². The van der Waals surface area contributed by atoms with Crippen LogP contribution in [0.15, 0.2) is 66.8 Å². The quantitative estimate of drug-likeness (QED) is 0.157. The van der Waals surface area contributed by atoms with E-state index in [4.69, 9.17) is 14.8 Å². The van der Waals surface area contributed by atoms with Gasteiger partial charge in [0, 0.05) is 61.0 Å². The first-order chi connectivity index (χ1) is 24.0. The van der Waals surface area contributed by atoms with Crippen LogP contribution in [0.5, 0.6) is 5.75 Å². The molecule has 0 bridgehead atoms. The molecule has 2 atom stereocenters. The van der Waals surface area contributed by atoms with E-state index in [1.165, 1.54) is 22.3 Å². The summed E-state index contributed by atoms with van der Waals surface area (Å²) in [7, 11) is 5.19. The Morgan fingerprint density at radius 2 is 1.90 bits per heavy atom. The van der Waals surface area contributed by atoms with E-state index >= 15 is 4.39 Å². The third-order valence-corrected chi connectivity index (χ3v) is 10.1. The normalized spacial score (nSPS) is 15.8. The number of carbonyl (C=O) groups is 2. The lowest BCUT2D eigenvalue weighted by Gasteiger charge is -2.36. The number of hydrogen-bond donors (Lipinski definition) is 0. The molecule has 10 nitrogen and oxygen atoms in total.